The Hall–Kier alpha value is -2.49. The second kappa shape index (κ2) is 4.56. The number of fused-ring (bicyclic) bond motifs is 1. The lowest BCUT2D eigenvalue weighted by molar-refractivity contribution is 1.08. The molecule has 0 radical (unpaired) electrons. The second-order valence-corrected chi connectivity index (χ2v) is 4.91. The van der Waals surface area contributed by atoms with E-state index in [4.69, 9.17) is 0 Å². The van der Waals surface area contributed by atoms with Crippen LogP contribution in [0.2, 0.25) is 0 Å². The Labute approximate surface area is 119 Å². The van der Waals surface area contributed by atoms with Gasteiger partial charge in [-0.1, -0.05) is 18.7 Å². The van der Waals surface area contributed by atoms with E-state index in [0.29, 0.717) is 0 Å². The van der Waals surface area contributed by atoms with Crippen molar-refractivity contribution in [3.05, 3.63) is 54.5 Å². The first kappa shape index (κ1) is 12.5. The van der Waals surface area contributed by atoms with Crippen molar-refractivity contribution in [2.75, 3.05) is 29.2 Å². The molecular formula is C16H18N4. The molecule has 2 heterocycles. The summed E-state index contributed by atoms with van der Waals surface area (Å²) in [6.45, 7) is 6.29. The number of nitrogens with one attached hydrogen (secondary N) is 1. The molecule has 1 aliphatic rings. The molecule has 0 fully saturated rings. The van der Waals surface area contributed by atoms with E-state index in [1.165, 1.54) is 0 Å². The number of aryl methyl sites for hydroxylation is 1. The van der Waals surface area contributed by atoms with E-state index in [1.54, 1.807) is 0 Å². The Morgan fingerprint density at radius 3 is 2.50 bits per heavy atom. The summed E-state index contributed by atoms with van der Waals surface area (Å²) in [6, 6.07) is 10.3. The third-order valence-corrected chi connectivity index (χ3v) is 3.71. The van der Waals surface area contributed by atoms with Crippen LogP contribution in [0.5, 0.6) is 0 Å². The van der Waals surface area contributed by atoms with Crippen molar-refractivity contribution in [3.8, 4) is 0 Å². The van der Waals surface area contributed by atoms with E-state index < -0.39 is 0 Å². The molecule has 2 aromatic rings. The van der Waals surface area contributed by atoms with Gasteiger partial charge in [0.25, 0.3) is 0 Å². The Morgan fingerprint density at radius 2 is 1.85 bits per heavy atom. The molecule has 0 amide bonds. The van der Waals surface area contributed by atoms with Gasteiger partial charge >= 0.3 is 0 Å². The van der Waals surface area contributed by atoms with Crippen LogP contribution in [0.3, 0.4) is 0 Å². The van der Waals surface area contributed by atoms with Gasteiger partial charge < -0.3 is 10.2 Å². The smallest absolute Gasteiger partial charge is 0.126 e. The Kier molecular flexibility index (Phi) is 2.86. The highest BCUT2D eigenvalue weighted by Crippen LogP contribution is 2.45. The monoisotopic (exact) mass is 266 g/mol. The molecule has 0 unspecified atom stereocenters. The fourth-order valence-electron chi connectivity index (χ4n) is 2.55. The molecule has 1 aromatic heterocycles. The molecule has 1 N–H and O–H groups in total. The van der Waals surface area contributed by atoms with E-state index in [1.807, 2.05) is 38.5 Å². The third-order valence-electron chi connectivity index (χ3n) is 3.71. The summed E-state index contributed by atoms with van der Waals surface area (Å²) in [5.74, 6) is 1.81. The van der Waals surface area contributed by atoms with E-state index >= 15 is 0 Å². The predicted octanol–water partition coefficient (Wildman–Crippen LogP) is 3.49. The van der Waals surface area contributed by atoms with Crippen molar-refractivity contribution in [1.82, 2.24) is 4.98 Å². The quantitative estimate of drug-likeness (QED) is 0.901. The van der Waals surface area contributed by atoms with Crippen LogP contribution in [-0.2, 0) is 0 Å². The molecule has 20 heavy (non-hydrogen) atoms. The molecule has 3 rings (SSSR count). The summed E-state index contributed by atoms with van der Waals surface area (Å²) in [7, 11) is 3.91. The maximum absolute atomic E-state index is 4.42. The maximum atomic E-state index is 4.42. The van der Waals surface area contributed by atoms with Gasteiger partial charge in [0.2, 0.25) is 0 Å². The van der Waals surface area contributed by atoms with Gasteiger partial charge in [0, 0.05) is 14.1 Å². The van der Waals surface area contributed by atoms with E-state index in [2.05, 4.69) is 45.7 Å². The van der Waals surface area contributed by atoms with E-state index in [-0.39, 0.29) is 0 Å². The normalized spacial score (nSPS) is 13.7. The zero-order chi connectivity index (χ0) is 14.3. The fraction of sp³-hybridized carbons (Fsp3) is 0.188. The first-order chi connectivity index (χ1) is 9.63. The molecular weight excluding hydrogens is 248 g/mol. The van der Waals surface area contributed by atoms with Crippen molar-refractivity contribution in [3.63, 3.8) is 0 Å². The van der Waals surface area contributed by atoms with Crippen molar-refractivity contribution in [1.29, 1.82) is 0 Å². The lowest BCUT2D eigenvalue weighted by Gasteiger charge is -2.23. The Balaban J connectivity index is 2.13. The molecule has 0 spiro atoms. The zero-order valence-electron chi connectivity index (χ0n) is 12.0. The minimum Gasteiger partial charge on any atom is -0.373 e. The van der Waals surface area contributed by atoms with Gasteiger partial charge in [-0.3, -0.25) is 4.90 Å². The van der Waals surface area contributed by atoms with Crippen LogP contribution in [0.1, 0.15) is 5.56 Å². The highest BCUT2D eigenvalue weighted by molar-refractivity contribution is 5.88. The number of nitrogens with zero attached hydrogens (tertiary/aromatic N) is 3. The van der Waals surface area contributed by atoms with Gasteiger partial charge in [-0.25, -0.2) is 4.98 Å². The van der Waals surface area contributed by atoms with Crippen LogP contribution in [-0.4, -0.2) is 19.1 Å². The molecule has 0 bridgehead atoms. The molecule has 4 heteroatoms. The first-order valence-corrected chi connectivity index (χ1v) is 6.59. The van der Waals surface area contributed by atoms with Crippen molar-refractivity contribution >= 4 is 22.9 Å². The Morgan fingerprint density at radius 1 is 1.15 bits per heavy atom. The number of rotatable bonds is 2. The summed E-state index contributed by atoms with van der Waals surface area (Å²) in [5.41, 5.74) is 4.53. The number of aromatic nitrogens is 1. The summed E-state index contributed by atoms with van der Waals surface area (Å²) in [4.78, 5) is 8.67. The minimum atomic E-state index is 0.873. The zero-order valence-corrected chi connectivity index (χ0v) is 12.0. The van der Waals surface area contributed by atoms with Crippen LogP contribution < -0.4 is 15.1 Å². The number of hydrogen-bond donors (Lipinski definition) is 1. The molecule has 1 aromatic carbocycles. The van der Waals surface area contributed by atoms with E-state index in [9.17, 15) is 0 Å². The molecule has 0 saturated carbocycles. The summed E-state index contributed by atoms with van der Waals surface area (Å²) >= 11 is 0. The van der Waals surface area contributed by atoms with Crippen LogP contribution >= 0.6 is 0 Å². The molecule has 4 nitrogen and oxygen atoms in total. The van der Waals surface area contributed by atoms with Crippen LogP contribution in [0.4, 0.5) is 22.9 Å². The van der Waals surface area contributed by atoms with Gasteiger partial charge in [0.15, 0.2) is 0 Å². The van der Waals surface area contributed by atoms with Gasteiger partial charge in [0.1, 0.15) is 11.6 Å². The maximum Gasteiger partial charge on any atom is 0.126 e. The van der Waals surface area contributed by atoms with Crippen LogP contribution in [0, 0.1) is 6.92 Å². The third kappa shape index (κ3) is 1.72. The second-order valence-electron chi connectivity index (χ2n) is 4.91. The standard InChI is InChI=1S/C16H18N4/c1-11-9-16(17-3)18-10-15(11)20-12(2)19(4)13-7-5-6-8-14(13)20/h5-10H,2H2,1,3-4H3,(H,17,18). The SMILES string of the molecule is C=C1N(C)c2ccccc2N1c1cnc(NC)cc1C. The number of anilines is 4. The predicted molar refractivity (Wildman–Crippen MR) is 84.6 cm³/mol. The molecule has 0 atom stereocenters. The lowest BCUT2D eigenvalue weighted by Crippen LogP contribution is -2.21. The molecule has 102 valence electrons. The number of hydrogen-bond acceptors (Lipinski definition) is 4. The first-order valence-electron chi connectivity index (χ1n) is 6.59. The highest BCUT2D eigenvalue weighted by Gasteiger charge is 2.29. The van der Waals surface area contributed by atoms with Gasteiger partial charge in [-0.2, -0.15) is 0 Å². The molecule has 0 saturated heterocycles. The average Bonchev–Trinajstić information content (AvgIpc) is 2.72. The average molecular weight is 266 g/mol. The largest absolute Gasteiger partial charge is 0.373 e. The van der Waals surface area contributed by atoms with Crippen LogP contribution in [0.25, 0.3) is 0 Å². The van der Waals surface area contributed by atoms with Crippen molar-refractivity contribution in [2.24, 2.45) is 0 Å². The highest BCUT2D eigenvalue weighted by atomic mass is 15.4. The number of pyridine rings is 1. The van der Waals surface area contributed by atoms with Gasteiger partial charge in [-0.15, -0.1) is 0 Å². The summed E-state index contributed by atoms with van der Waals surface area (Å²) < 4.78 is 0. The van der Waals surface area contributed by atoms with Crippen molar-refractivity contribution in [2.45, 2.75) is 6.92 Å². The van der Waals surface area contributed by atoms with Gasteiger partial charge in [0.05, 0.1) is 23.3 Å². The summed E-state index contributed by atoms with van der Waals surface area (Å²) in [5, 5.41) is 3.06. The lowest BCUT2D eigenvalue weighted by atomic mass is 10.2. The van der Waals surface area contributed by atoms with Crippen molar-refractivity contribution < 1.29 is 0 Å². The summed E-state index contributed by atoms with van der Waals surface area (Å²) in [6.07, 6.45) is 1.89. The van der Waals surface area contributed by atoms with Crippen LogP contribution in [0.15, 0.2) is 48.9 Å². The minimum absolute atomic E-state index is 0.873. The molecule has 1 aliphatic heterocycles. The van der Waals surface area contributed by atoms with E-state index in [0.717, 1.165) is 34.3 Å². The Bertz CT molecular complexity index is 678. The van der Waals surface area contributed by atoms with Gasteiger partial charge in [-0.05, 0) is 30.7 Å². The fourth-order valence-corrected chi connectivity index (χ4v) is 2.55. The number of para-hydroxylation sites is 2. The topological polar surface area (TPSA) is 31.4 Å². The number of benzene rings is 1. The molecule has 0 aliphatic carbocycles.